The minimum Gasteiger partial charge on any atom is -0.493 e. The van der Waals surface area contributed by atoms with Crippen LogP contribution in [0.15, 0.2) is 36.4 Å². The molecule has 1 fully saturated rings. The van der Waals surface area contributed by atoms with Gasteiger partial charge in [-0.2, -0.15) is 5.26 Å². The van der Waals surface area contributed by atoms with Crippen LogP contribution in [0.25, 0.3) is 11.1 Å². The van der Waals surface area contributed by atoms with Gasteiger partial charge in [-0.3, -0.25) is 0 Å². The highest BCUT2D eigenvalue weighted by Gasteiger charge is 2.20. The Hall–Kier alpha value is -2.41. The Kier molecular flexibility index (Phi) is 5.88. The fourth-order valence-electron chi connectivity index (χ4n) is 3.61. The Morgan fingerprint density at radius 1 is 0.962 bits per heavy atom. The predicted octanol–water partition coefficient (Wildman–Crippen LogP) is 6.10. The normalized spacial score (nSPS) is 19.8. The maximum Gasteiger partial charge on any atom is 0.177 e. The topological polar surface area (TPSA) is 33.0 Å². The van der Waals surface area contributed by atoms with E-state index in [1.165, 1.54) is 44.2 Å². The number of nitriles is 1. The van der Waals surface area contributed by atoms with Crippen molar-refractivity contribution in [3.05, 3.63) is 53.6 Å². The predicted molar refractivity (Wildman–Crippen MR) is 97.7 cm³/mol. The van der Waals surface area contributed by atoms with E-state index >= 15 is 0 Å². The maximum absolute atomic E-state index is 14.1. The third-order valence-corrected chi connectivity index (χ3v) is 5.40. The van der Waals surface area contributed by atoms with Gasteiger partial charge in [0.15, 0.2) is 11.6 Å². The first kappa shape index (κ1) is 18.4. The first-order valence-corrected chi connectivity index (χ1v) is 9.23. The third-order valence-electron chi connectivity index (χ3n) is 5.40. The van der Waals surface area contributed by atoms with Crippen molar-refractivity contribution < 1.29 is 13.5 Å². The van der Waals surface area contributed by atoms with Crippen LogP contribution in [-0.2, 0) is 0 Å². The highest BCUT2D eigenvalue weighted by Crippen LogP contribution is 2.32. The van der Waals surface area contributed by atoms with Gasteiger partial charge in [0.2, 0.25) is 0 Å². The molecular formula is C22H23F2NO. The molecule has 2 aromatic rings. The van der Waals surface area contributed by atoms with Crippen molar-refractivity contribution in [3.8, 4) is 22.9 Å². The molecule has 1 aliphatic carbocycles. The van der Waals surface area contributed by atoms with Crippen LogP contribution in [0.5, 0.6) is 5.75 Å². The van der Waals surface area contributed by atoms with E-state index in [4.69, 9.17) is 10.00 Å². The van der Waals surface area contributed by atoms with Crippen molar-refractivity contribution in [2.45, 2.75) is 39.0 Å². The molecule has 0 aliphatic heterocycles. The monoisotopic (exact) mass is 355 g/mol. The summed E-state index contributed by atoms with van der Waals surface area (Å²) >= 11 is 0. The quantitative estimate of drug-likeness (QED) is 0.649. The average Bonchev–Trinajstić information content (AvgIpc) is 2.69. The van der Waals surface area contributed by atoms with Gasteiger partial charge >= 0.3 is 0 Å². The van der Waals surface area contributed by atoms with Crippen molar-refractivity contribution in [2.75, 3.05) is 6.61 Å². The summed E-state index contributed by atoms with van der Waals surface area (Å²) < 4.78 is 33.8. The third kappa shape index (κ3) is 4.04. The summed E-state index contributed by atoms with van der Waals surface area (Å²) in [6, 6.07) is 11.4. The minimum absolute atomic E-state index is 0.144. The molecule has 0 radical (unpaired) electrons. The molecule has 0 heterocycles. The fraction of sp³-hybridized carbons (Fsp3) is 0.409. The first-order valence-electron chi connectivity index (χ1n) is 9.23. The molecule has 26 heavy (non-hydrogen) atoms. The van der Waals surface area contributed by atoms with E-state index in [1.807, 2.05) is 0 Å². The molecule has 0 aromatic heterocycles. The molecule has 136 valence electrons. The molecule has 2 nitrogen and oxygen atoms in total. The molecule has 3 rings (SSSR count). The Morgan fingerprint density at radius 3 is 2.23 bits per heavy atom. The van der Waals surface area contributed by atoms with Crippen LogP contribution in [0.2, 0.25) is 0 Å². The molecule has 0 amide bonds. The summed E-state index contributed by atoms with van der Waals surface area (Å²) in [7, 11) is 0. The largest absolute Gasteiger partial charge is 0.493 e. The maximum atomic E-state index is 14.1. The lowest BCUT2D eigenvalue weighted by Gasteiger charge is -2.27. The number of halogens is 2. The molecular weight excluding hydrogens is 332 g/mol. The van der Waals surface area contributed by atoms with E-state index in [-0.39, 0.29) is 11.1 Å². The molecule has 0 N–H and O–H groups in total. The Morgan fingerprint density at radius 2 is 1.62 bits per heavy atom. The van der Waals surface area contributed by atoms with E-state index in [9.17, 15) is 8.78 Å². The standard InChI is InChI=1S/C22H23F2NO/c1-2-15-3-5-16(6-4-15)14-26-19-10-7-17(8-11-19)20-12-9-18(13-25)21(23)22(20)24/h7-12,15-16H,2-6,14H2,1H3/t15-,16-. The smallest absolute Gasteiger partial charge is 0.177 e. The summed E-state index contributed by atoms with van der Waals surface area (Å²) in [6.07, 6.45) is 6.26. The van der Waals surface area contributed by atoms with E-state index in [0.29, 0.717) is 18.1 Å². The Balaban J connectivity index is 1.63. The van der Waals surface area contributed by atoms with Crippen molar-refractivity contribution in [2.24, 2.45) is 11.8 Å². The van der Waals surface area contributed by atoms with E-state index < -0.39 is 11.6 Å². The van der Waals surface area contributed by atoms with Crippen molar-refractivity contribution in [3.63, 3.8) is 0 Å². The molecule has 4 heteroatoms. The van der Waals surface area contributed by atoms with E-state index in [2.05, 4.69) is 6.92 Å². The molecule has 1 saturated carbocycles. The first-order chi connectivity index (χ1) is 12.6. The van der Waals surface area contributed by atoms with Crippen LogP contribution in [-0.4, -0.2) is 6.61 Å². The number of nitrogens with zero attached hydrogens (tertiary/aromatic N) is 1. The lowest BCUT2D eigenvalue weighted by Crippen LogP contribution is -2.19. The number of hydrogen-bond donors (Lipinski definition) is 0. The highest BCUT2D eigenvalue weighted by molar-refractivity contribution is 5.66. The summed E-state index contributed by atoms with van der Waals surface area (Å²) in [4.78, 5) is 0. The van der Waals surface area contributed by atoms with Gasteiger partial charge in [0, 0.05) is 5.56 Å². The van der Waals surface area contributed by atoms with E-state index in [0.717, 1.165) is 11.7 Å². The van der Waals surface area contributed by atoms with Gasteiger partial charge in [-0.15, -0.1) is 0 Å². The summed E-state index contributed by atoms with van der Waals surface area (Å²) in [5.41, 5.74) is 0.414. The number of rotatable bonds is 5. The molecule has 1 aliphatic rings. The molecule has 0 saturated heterocycles. The second-order valence-corrected chi connectivity index (χ2v) is 7.03. The Labute approximate surface area is 153 Å². The Bertz CT molecular complexity index is 787. The molecule has 0 unspecified atom stereocenters. The molecule has 2 aromatic carbocycles. The van der Waals surface area contributed by atoms with Gasteiger partial charge in [0.25, 0.3) is 0 Å². The molecule has 0 bridgehead atoms. The SMILES string of the molecule is CC[C@H]1CC[C@H](COc2ccc(-c3ccc(C#N)c(F)c3F)cc2)CC1. The average molecular weight is 355 g/mol. The molecule has 0 spiro atoms. The van der Waals surface area contributed by atoms with E-state index in [1.54, 1.807) is 30.3 Å². The van der Waals surface area contributed by atoms with Gasteiger partial charge < -0.3 is 4.74 Å². The van der Waals surface area contributed by atoms with Crippen molar-refractivity contribution >= 4 is 0 Å². The molecule has 0 atom stereocenters. The lowest BCUT2D eigenvalue weighted by molar-refractivity contribution is 0.181. The highest BCUT2D eigenvalue weighted by atomic mass is 19.2. The van der Waals surface area contributed by atoms with Crippen LogP contribution < -0.4 is 4.74 Å². The zero-order chi connectivity index (χ0) is 18.5. The number of benzene rings is 2. The van der Waals surface area contributed by atoms with Gasteiger partial charge in [-0.25, -0.2) is 8.78 Å². The van der Waals surface area contributed by atoms with Crippen LogP contribution in [0, 0.1) is 34.8 Å². The minimum atomic E-state index is -1.10. The second kappa shape index (κ2) is 8.31. The van der Waals surface area contributed by atoms with Crippen molar-refractivity contribution in [1.29, 1.82) is 5.26 Å². The summed E-state index contributed by atoms with van der Waals surface area (Å²) in [5.74, 6) is 0.107. The van der Waals surface area contributed by atoms with Crippen LogP contribution >= 0.6 is 0 Å². The number of ether oxygens (including phenoxy) is 1. The van der Waals surface area contributed by atoms with Crippen LogP contribution in [0.3, 0.4) is 0 Å². The van der Waals surface area contributed by atoms with Crippen molar-refractivity contribution in [1.82, 2.24) is 0 Å². The lowest BCUT2D eigenvalue weighted by atomic mass is 9.81. The second-order valence-electron chi connectivity index (χ2n) is 7.03. The zero-order valence-corrected chi connectivity index (χ0v) is 15.0. The van der Waals surface area contributed by atoms with Gasteiger partial charge in [-0.05, 0) is 54.5 Å². The van der Waals surface area contributed by atoms with Crippen LogP contribution in [0.1, 0.15) is 44.6 Å². The van der Waals surface area contributed by atoms with Crippen LogP contribution in [0.4, 0.5) is 8.78 Å². The summed E-state index contributed by atoms with van der Waals surface area (Å²) in [6.45, 7) is 2.96. The zero-order valence-electron chi connectivity index (χ0n) is 15.0. The van der Waals surface area contributed by atoms with Gasteiger partial charge in [-0.1, -0.05) is 38.3 Å². The number of hydrogen-bond acceptors (Lipinski definition) is 2. The van der Waals surface area contributed by atoms with Gasteiger partial charge in [0.05, 0.1) is 12.2 Å². The fourth-order valence-corrected chi connectivity index (χ4v) is 3.61. The summed E-state index contributed by atoms with van der Waals surface area (Å²) in [5, 5.41) is 8.76. The van der Waals surface area contributed by atoms with Gasteiger partial charge in [0.1, 0.15) is 11.8 Å².